The minimum atomic E-state index is -4.45. The number of aromatic nitrogens is 3. The predicted octanol–water partition coefficient (Wildman–Crippen LogP) is 2.84. The van der Waals surface area contributed by atoms with Crippen molar-refractivity contribution in [2.24, 2.45) is 5.73 Å². The molecule has 142 valence electrons. The Morgan fingerprint density at radius 2 is 2.08 bits per heavy atom. The van der Waals surface area contributed by atoms with Crippen LogP contribution in [-0.4, -0.2) is 33.3 Å². The molecule has 2 heterocycles. The fourth-order valence-electron chi connectivity index (χ4n) is 2.51. The van der Waals surface area contributed by atoms with E-state index in [0.717, 1.165) is 31.5 Å². The standard InChI is InChI=1S/C17H22F3N5O/c1-3-4-5-13(8-21)24-16(26)14-10-23-25(11(14)2)15-7-6-12(9-22-15)17(18,19)20/h6-7,9-10,13H,3-5,8,21H2,1-2H3,(H,24,26). The molecule has 2 aromatic rings. The number of amides is 1. The average molecular weight is 369 g/mol. The molecule has 0 saturated heterocycles. The number of hydrogen-bond donors (Lipinski definition) is 2. The first-order valence-electron chi connectivity index (χ1n) is 8.37. The molecule has 2 aromatic heterocycles. The highest BCUT2D eigenvalue weighted by atomic mass is 19.4. The van der Waals surface area contributed by atoms with Gasteiger partial charge in [0.2, 0.25) is 0 Å². The van der Waals surface area contributed by atoms with E-state index in [-0.39, 0.29) is 17.8 Å². The van der Waals surface area contributed by atoms with E-state index >= 15 is 0 Å². The number of halogens is 3. The van der Waals surface area contributed by atoms with Crippen molar-refractivity contribution in [1.82, 2.24) is 20.1 Å². The summed E-state index contributed by atoms with van der Waals surface area (Å²) in [4.78, 5) is 16.2. The highest BCUT2D eigenvalue weighted by molar-refractivity contribution is 5.95. The molecule has 9 heteroatoms. The number of pyridine rings is 1. The maximum atomic E-state index is 12.6. The van der Waals surface area contributed by atoms with E-state index in [2.05, 4.69) is 22.3 Å². The zero-order valence-electron chi connectivity index (χ0n) is 14.7. The van der Waals surface area contributed by atoms with Gasteiger partial charge in [0, 0.05) is 18.8 Å². The van der Waals surface area contributed by atoms with Crippen molar-refractivity contribution in [3.8, 4) is 5.82 Å². The highest BCUT2D eigenvalue weighted by Gasteiger charge is 2.30. The summed E-state index contributed by atoms with van der Waals surface area (Å²) in [5.41, 5.74) is 5.67. The smallest absolute Gasteiger partial charge is 0.348 e. The van der Waals surface area contributed by atoms with Crippen LogP contribution >= 0.6 is 0 Å². The molecule has 0 fully saturated rings. The molecular weight excluding hydrogens is 347 g/mol. The van der Waals surface area contributed by atoms with E-state index in [9.17, 15) is 18.0 Å². The minimum Gasteiger partial charge on any atom is -0.348 e. The predicted molar refractivity (Wildman–Crippen MR) is 90.9 cm³/mol. The Kier molecular flexibility index (Phi) is 6.36. The molecule has 1 atom stereocenters. The molecular formula is C17H22F3N5O. The zero-order chi connectivity index (χ0) is 19.3. The summed E-state index contributed by atoms with van der Waals surface area (Å²) in [5.74, 6) is -0.108. The van der Waals surface area contributed by atoms with Gasteiger partial charge >= 0.3 is 6.18 Å². The first-order chi connectivity index (χ1) is 12.3. The van der Waals surface area contributed by atoms with Crippen LogP contribution in [0.3, 0.4) is 0 Å². The maximum Gasteiger partial charge on any atom is 0.417 e. The Morgan fingerprint density at radius 3 is 2.62 bits per heavy atom. The van der Waals surface area contributed by atoms with Crippen LogP contribution in [0, 0.1) is 6.92 Å². The molecule has 1 amide bonds. The summed E-state index contributed by atoms with van der Waals surface area (Å²) in [5, 5.41) is 6.94. The number of hydrogen-bond acceptors (Lipinski definition) is 4. The van der Waals surface area contributed by atoms with E-state index in [1.807, 2.05) is 0 Å². The van der Waals surface area contributed by atoms with Crippen molar-refractivity contribution in [2.45, 2.75) is 45.3 Å². The topological polar surface area (TPSA) is 85.8 Å². The van der Waals surface area contributed by atoms with Crippen LogP contribution in [0.25, 0.3) is 5.82 Å². The monoisotopic (exact) mass is 369 g/mol. The second-order valence-corrected chi connectivity index (χ2v) is 6.01. The summed E-state index contributed by atoms with van der Waals surface area (Å²) in [6.45, 7) is 4.05. The van der Waals surface area contributed by atoms with Gasteiger partial charge in [0.15, 0.2) is 5.82 Å². The lowest BCUT2D eigenvalue weighted by Crippen LogP contribution is -2.40. The fourth-order valence-corrected chi connectivity index (χ4v) is 2.51. The Morgan fingerprint density at radius 1 is 1.35 bits per heavy atom. The van der Waals surface area contributed by atoms with Crippen LogP contribution in [0.15, 0.2) is 24.5 Å². The van der Waals surface area contributed by atoms with Gasteiger partial charge in [-0.3, -0.25) is 4.79 Å². The second kappa shape index (κ2) is 8.31. The molecule has 0 spiro atoms. The largest absolute Gasteiger partial charge is 0.417 e. The summed E-state index contributed by atoms with van der Waals surface area (Å²) >= 11 is 0. The molecule has 3 N–H and O–H groups in total. The molecule has 0 aliphatic carbocycles. The molecule has 26 heavy (non-hydrogen) atoms. The summed E-state index contributed by atoms with van der Waals surface area (Å²) in [6.07, 6.45) is 0.402. The number of carbonyl (C=O) groups is 1. The third kappa shape index (κ3) is 4.60. The van der Waals surface area contributed by atoms with Crippen LogP contribution in [-0.2, 0) is 6.18 Å². The van der Waals surface area contributed by atoms with Gasteiger partial charge in [-0.25, -0.2) is 9.67 Å². The Labute approximate surface area is 149 Å². The number of alkyl halides is 3. The van der Waals surface area contributed by atoms with Gasteiger partial charge in [-0.05, 0) is 25.5 Å². The van der Waals surface area contributed by atoms with Crippen LogP contribution in [0.2, 0.25) is 0 Å². The first kappa shape index (κ1) is 19.9. The van der Waals surface area contributed by atoms with Gasteiger partial charge in [0.25, 0.3) is 5.91 Å². The van der Waals surface area contributed by atoms with Gasteiger partial charge in [-0.15, -0.1) is 0 Å². The maximum absolute atomic E-state index is 12.6. The lowest BCUT2D eigenvalue weighted by Gasteiger charge is -2.16. The van der Waals surface area contributed by atoms with E-state index in [1.54, 1.807) is 6.92 Å². The first-order valence-corrected chi connectivity index (χ1v) is 8.37. The van der Waals surface area contributed by atoms with Crippen LogP contribution in [0.4, 0.5) is 13.2 Å². The molecule has 0 radical (unpaired) electrons. The summed E-state index contributed by atoms with van der Waals surface area (Å²) in [7, 11) is 0. The van der Waals surface area contributed by atoms with Crippen molar-refractivity contribution in [3.63, 3.8) is 0 Å². The van der Waals surface area contributed by atoms with Crippen LogP contribution < -0.4 is 11.1 Å². The number of nitrogens with one attached hydrogen (secondary N) is 1. The van der Waals surface area contributed by atoms with Crippen molar-refractivity contribution in [1.29, 1.82) is 0 Å². The number of unbranched alkanes of at least 4 members (excludes halogenated alkanes) is 1. The zero-order valence-corrected chi connectivity index (χ0v) is 14.7. The number of nitrogens with two attached hydrogens (primary N) is 1. The molecule has 0 aromatic carbocycles. The summed E-state index contributed by atoms with van der Waals surface area (Å²) in [6, 6.07) is 2.02. The van der Waals surface area contributed by atoms with Gasteiger partial charge in [0.05, 0.1) is 23.0 Å². The molecule has 0 saturated carbocycles. The molecule has 2 rings (SSSR count). The molecule has 0 bridgehead atoms. The SMILES string of the molecule is CCCCC(CN)NC(=O)c1cnn(-c2ccc(C(F)(F)F)cn2)c1C. The van der Waals surface area contributed by atoms with E-state index in [1.165, 1.54) is 16.9 Å². The number of rotatable bonds is 7. The number of carbonyl (C=O) groups excluding carboxylic acids is 1. The minimum absolute atomic E-state index is 0.130. The Balaban J connectivity index is 2.17. The average Bonchev–Trinajstić information content (AvgIpc) is 2.99. The number of nitrogens with zero attached hydrogens (tertiary/aromatic N) is 3. The van der Waals surface area contributed by atoms with Crippen molar-refractivity contribution >= 4 is 5.91 Å². The van der Waals surface area contributed by atoms with Crippen molar-refractivity contribution in [3.05, 3.63) is 41.3 Å². The summed E-state index contributed by atoms with van der Waals surface area (Å²) < 4.78 is 39.2. The normalized spacial score (nSPS) is 12.8. The van der Waals surface area contributed by atoms with Crippen LogP contribution in [0.5, 0.6) is 0 Å². The second-order valence-electron chi connectivity index (χ2n) is 6.01. The quantitative estimate of drug-likeness (QED) is 0.786. The Bertz CT molecular complexity index is 740. The van der Waals surface area contributed by atoms with E-state index < -0.39 is 11.7 Å². The molecule has 6 nitrogen and oxygen atoms in total. The lowest BCUT2D eigenvalue weighted by molar-refractivity contribution is -0.137. The van der Waals surface area contributed by atoms with Gasteiger partial charge < -0.3 is 11.1 Å². The molecule has 1 unspecified atom stereocenters. The van der Waals surface area contributed by atoms with Gasteiger partial charge in [-0.2, -0.15) is 18.3 Å². The van der Waals surface area contributed by atoms with E-state index in [4.69, 9.17) is 5.73 Å². The van der Waals surface area contributed by atoms with Crippen LogP contribution in [0.1, 0.15) is 47.8 Å². The lowest BCUT2D eigenvalue weighted by atomic mass is 10.1. The van der Waals surface area contributed by atoms with E-state index in [0.29, 0.717) is 17.8 Å². The van der Waals surface area contributed by atoms with Crippen molar-refractivity contribution < 1.29 is 18.0 Å². The highest BCUT2D eigenvalue weighted by Crippen LogP contribution is 2.28. The molecule has 0 aliphatic rings. The van der Waals surface area contributed by atoms with Crippen molar-refractivity contribution in [2.75, 3.05) is 6.54 Å². The fraction of sp³-hybridized carbons (Fsp3) is 0.471. The molecule has 0 aliphatic heterocycles. The Hall–Kier alpha value is -2.42. The van der Waals surface area contributed by atoms with Gasteiger partial charge in [-0.1, -0.05) is 19.8 Å². The third-order valence-electron chi connectivity index (χ3n) is 4.07. The third-order valence-corrected chi connectivity index (χ3v) is 4.07. The van der Waals surface area contributed by atoms with Gasteiger partial charge in [0.1, 0.15) is 0 Å².